The van der Waals surface area contributed by atoms with Gasteiger partial charge in [-0.2, -0.15) is 9.13 Å². The van der Waals surface area contributed by atoms with Crippen LogP contribution in [0.2, 0.25) is 0 Å². The van der Waals surface area contributed by atoms with Gasteiger partial charge in [-0.25, -0.2) is 0 Å². The second kappa shape index (κ2) is 10.9. The van der Waals surface area contributed by atoms with Gasteiger partial charge in [0.25, 0.3) is 0 Å². The Morgan fingerprint density at radius 3 is 2.42 bits per heavy atom. The molecule has 0 amide bonds. The summed E-state index contributed by atoms with van der Waals surface area (Å²) in [6, 6.07) is 44.2. The fourth-order valence-corrected chi connectivity index (χ4v) is 11.6. The molecule has 0 saturated carbocycles. The van der Waals surface area contributed by atoms with E-state index in [2.05, 4.69) is 169 Å². The minimum Gasteiger partial charge on any atom is -0.308 e. The van der Waals surface area contributed by atoms with Crippen LogP contribution in [0, 0.1) is 6.92 Å². The third kappa shape index (κ3) is 4.21. The molecule has 5 aromatic heterocycles. The van der Waals surface area contributed by atoms with Crippen molar-refractivity contribution in [1.82, 2.24) is 4.40 Å². The third-order valence-corrected chi connectivity index (χ3v) is 14.1. The first kappa shape index (κ1) is 31.5. The Labute approximate surface area is 324 Å². The Kier molecular flexibility index (Phi) is 6.24. The Morgan fingerprint density at radius 1 is 0.691 bits per heavy atom. The Bertz CT molecular complexity index is 3300. The van der Waals surface area contributed by atoms with E-state index in [0.29, 0.717) is 0 Å². The second-order valence-electron chi connectivity index (χ2n) is 17.1. The van der Waals surface area contributed by atoms with Crippen LogP contribution in [0.4, 0.5) is 0 Å². The molecule has 0 radical (unpaired) electrons. The number of allylic oxidation sites excluding steroid dienone is 1. The van der Waals surface area contributed by atoms with Gasteiger partial charge >= 0.3 is 0 Å². The molecule has 2 aliphatic rings. The Balaban J connectivity index is 1.21. The molecule has 0 saturated heterocycles. The van der Waals surface area contributed by atoms with Crippen LogP contribution >= 0.6 is 11.3 Å². The fourth-order valence-electron chi connectivity index (χ4n) is 10.4. The smallest absolute Gasteiger partial charge is 0.249 e. The predicted octanol–water partition coefficient (Wildman–Crippen LogP) is 12.5. The summed E-state index contributed by atoms with van der Waals surface area (Å²) in [5.74, 6) is 0.268. The van der Waals surface area contributed by atoms with Gasteiger partial charge in [0.2, 0.25) is 23.1 Å². The number of aryl methyl sites for hydroxylation is 2. The molecule has 55 heavy (non-hydrogen) atoms. The lowest BCUT2D eigenvalue weighted by Gasteiger charge is -2.29. The maximum atomic E-state index is 4.98. The zero-order chi connectivity index (χ0) is 36.9. The molecule has 12 rings (SSSR count). The highest BCUT2D eigenvalue weighted by molar-refractivity contribution is 7.26. The zero-order valence-electron chi connectivity index (χ0n) is 31.7. The SMILES string of the molecule is C=C1C2C(CCc3cc4c(cc3-c3cc(C(C)(C)C)cc[n+]31)c1cc3sc5ccccc5c3c3c5cc(C)ccc5n4c13)c1ccccc1-c1cccc[n+]12. The standard InChI is InChI=1S/C51H41N3S/c1-29-17-20-42-40(24-29)48-47-36-14-8-9-16-45(36)55-46(47)28-39-38-27-37-31(25-44(38)54(42)50(39)48)18-19-35-33-12-6-7-13-34(33)41-15-10-11-22-53(41)49(35)30(2)52-23-21-32(26-43(37)52)51(3,4)5/h6-17,20-28,35,49H,2,18-19H2,1,3-5H3/q+2. The average Bonchev–Trinajstić information content (AvgIpc) is 3.84. The van der Waals surface area contributed by atoms with Crippen LogP contribution < -0.4 is 9.13 Å². The summed E-state index contributed by atoms with van der Waals surface area (Å²) >= 11 is 1.92. The number of benzene rings is 5. The molecule has 10 aromatic rings. The van der Waals surface area contributed by atoms with E-state index in [4.69, 9.17) is 6.58 Å². The summed E-state index contributed by atoms with van der Waals surface area (Å²) in [6.07, 6.45) is 6.56. The minimum absolute atomic E-state index is 0.00628. The van der Waals surface area contributed by atoms with Crippen LogP contribution in [0.25, 0.3) is 86.5 Å². The first-order valence-corrected chi connectivity index (χ1v) is 20.5. The van der Waals surface area contributed by atoms with Gasteiger partial charge in [-0.15, -0.1) is 11.3 Å². The lowest BCUT2D eigenvalue weighted by Crippen LogP contribution is -2.53. The van der Waals surface area contributed by atoms with Crippen molar-refractivity contribution in [3.63, 3.8) is 0 Å². The van der Waals surface area contributed by atoms with E-state index >= 15 is 0 Å². The van der Waals surface area contributed by atoms with Gasteiger partial charge in [0.1, 0.15) is 0 Å². The third-order valence-electron chi connectivity index (χ3n) is 13.0. The van der Waals surface area contributed by atoms with Crippen molar-refractivity contribution < 1.29 is 9.13 Å². The lowest BCUT2D eigenvalue weighted by molar-refractivity contribution is -0.727. The summed E-state index contributed by atoms with van der Waals surface area (Å²) in [7, 11) is 0. The first-order valence-electron chi connectivity index (χ1n) is 19.7. The number of fused-ring (bicyclic) bond motifs is 19. The van der Waals surface area contributed by atoms with E-state index < -0.39 is 0 Å². The van der Waals surface area contributed by atoms with Crippen molar-refractivity contribution in [2.24, 2.45) is 0 Å². The van der Waals surface area contributed by atoms with Crippen molar-refractivity contribution in [1.29, 1.82) is 0 Å². The molecule has 5 aromatic carbocycles. The van der Waals surface area contributed by atoms with Crippen molar-refractivity contribution >= 4 is 75.3 Å². The number of pyridine rings is 2. The summed E-state index contributed by atoms with van der Waals surface area (Å²) in [5, 5.41) is 8.15. The molecule has 0 spiro atoms. The van der Waals surface area contributed by atoms with E-state index in [1.54, 1.807) is 0 Å². The second-order valence-corrected chi connectivity index (χ2v) is 18.2. The normalized spacial score (nSPS) is 17.0. The van der Waals surface area contributed by atoms with Gasteiger partial charge in [-0.1, -0.05) is 68.8 Å². The monoisotopic (exact) mass is 727 g/mol. The summed E-state index contributed by atoms with van der Waals surface area (Å²) in [4.78, 5) is 0. The molecule has 0 fully saturated rings. The molecule has 0 aliphatic carbocycles. The molecule has 264 valence electrons. The molecule has 0 bridgehead atoms. The quantitative estimate of drug-likeness (QED) is 0.138. The molecule has 0 N–H and O–H groups in total. The molecular weight excluding hydrogens is 687 g/mol. The van der Waals surface area contributed by atoms with Crippen molar-refractivity contribution in [3.05, 3.63) is 156 Å². The highest BCUT2D eigenvalue weighted by Gasteiger charge is 2.47. The molecule has 3 nitrogen and oxygen atoms in total. The van der Waals surface area contributed by atoms with Crippen LogP contribution in [0.1, 0.15) is 61.4 Å². The molecule has 2 unspecified atom stereocenters. The number of rotatable bonds is 0. The summed E-state index contributed by atoms with van der Waals surface area (Å²) in [6.45, 7) is 14.2. The van der Waals surface area contributed by atoms with E-state index in [9.17, 15) is 0 Å². The first-order chi connectivity index (χ1) is 26.7. The highest BCUT2D eigenvalue weighted by atomic mass is 32.1. The molecule has 2 aliphatic heterocycles. The van der Waals surface area contributed by atoms with Crippen LogP contribution in [-0.4, -0.2) is 4.40 Å². The van der Waals surface area contributed by atoms with E-state index in [1.165, 1.54) is 103 Å². The summed E-state index contributed by atoms with van der Waals surface area (Å²) < 4.78 is 10.2. The van der Waals surface area contributed by atoms with Crippen molar-refractivity contribution in [3.8, 4) is 22.5 Å². The van der Waals surface area contributed by atoms with E-state index in [1.807, 2.05) is 11.3 Å². The minimum atomic E-state index is -0.00628. The average molecular weight is 728 g/mol. The predicted molar refractivity (Wildman–Crippen MR) is 231 cm³/mol. The van der Waals surface area contributed by atoms with Crippen LogP contribution in [-0.2, 0) is 11.8 Å². The molecule has 2 atom stereocenters. The van der Waals surface area contributed by atoms with Crippen LogP contribution in [0.15, 0.2) is 134 Å². The van der Waals surface area contributed by atoms with Gasteiger partial charge < -0.3 is 4.40 Å². The van der Waals surface area contributed by atoms with Crippen molar-refractivity contribution in [2.75, 3.05) is 0 Å². The number of thiophene rings is 1. The van der Waals surface area contributed by atoms with Gasteiger partial charge in [0, 0.05) is 71.5 Å². The topological polar surface area (TPSA) is 12.2 Å². The zero-order valence-corrected chi connectivity index (χ0v) is 32.5. The van der Waals surface area contributed by atoms with Crippen LogP contribution in [0.5, 0.6) is 0 Å². The molecule has 4 heteroatoms. The number of hydrogen-bond donors (Lipinski definition) is 0. The highest BCUT2D eigenvalue weighted by Crippen LogP contribution is 2.50. The maximum Gasteiger partial charge on any atom is 0.249 e. The molecule has 7 heterocycles. The fraction of sp³-hybridized carbons (Fsp3) is 0.176. The summed E-state index contributed by atoms with van der Waals surface area (Å²) in [5.41, 5.74) is 15.6. The van der Waals surface area contributed by atoms with Crippen LogP contribution in [0.3, 0.4) is 0 Å². The Hall–Kier alpha value is -5.84. The van der Waals surface area contributed by atoms with Gasteiger partial charge in [-0.3, -0.25) is 0 Å². The number of aromatic nitrogens is 3. The Morgan fingerprint density at radius 2 is 1.53 bits per heavy atom. The van der Waals surface area contributed by atoms with E-state index in [0.717, 1.165) is 18.5 Å². The molecular formula is C51H41N3S+2. The van der Waals surface area contributed by atoms with Gasteiger partial charge in [0.15, 0.2) is 12.4 Å². The van der Waals surface area contributed by atoms with Crippen molar-refractivity contribution in [2.45, 2.75) is 57.9 Å². The lowest BCUT2D eigenvalue weighted by atomic mass is 9.78. The number of nitrogens with zero attached hydrogens (tertiary/aromatic N) is 3. The van der Waals surface area contributed by atoms with E-state index in [-0.39, 0.29) is 17.4 Å². The largest absolute Gasteiger partial charge is 0.308 e. The number of hydrogen-bond acceptors (Lipinski definition) is 1. The van der Waals surface area contributed by atoms with Gasteiger partial charge in [-0.05, 0) is 97.0 Å². The maximum absolute atomic E-state index is 4.98. The van der Waals surface area contributed by atoms with Gasteiger partial charge in [0.05, 0.1) is 28.0 Å².